The first-order valence-corrected chi connectivity index (χ1v) is 7.28. The lowest BCUT2D eigenvalue weighted by atomic mass is 10.1. The summed E-state index contributed by atoms with van der Waals surface area (Å²) < 4.78 is 10.9. The summed E-state index contributed by atoms with van der Waals surface area (Å²) in [5, 5.41) is 4.62. The summed E-state index contributed by atoms with van der Waals surface area (Å²) in [5.41, 5.74) is 3.27. The van der Waals surface area contributed by atoms with E-state index in [-0.39, 0.29) is 6.61 Å². The van der Waals surface area contributed by atoms with Crippen LogP contribution in [0.25, 0.3) is 11.4 Å². The zero-order valence-electron chi connectivity index (χ0n) is 12.3. The minimum absolute atomic E-state index is 0.239. The van der Waals surface area contributed by atoms with Gasteiger partial charge in [0, 0.05) is 10.6 Å². The summed E-state index contributed by atoms with van der Waals surface area (Å²) in [7, 11) is 0. The Kier molecular flexibility index (Phi) is 4.11. The van der Waals surface area contributed by atoms with Gasteiger partial charge in [0.25, 0.3) is 5.89 Å². The molecule has 0 unspecified atom stereocenters. The van der Waals surface area contributed by atoms with Crippen molar-refractivity contribution in [3.05, 3.63) is 64.5 Å². The summed E-state index contributed by atoms with van der Waals surface area (Å²) in [5.74, 6) is 1.74. The molecule has 0 atom stereocenters. The molecule has 0 saturated heterocycles. The van der Waals surface area contributed by atoms with E-state index in [4.69, 9.17) is 20.9 Å². The topological polar surface area (TPSA) is 48.2 Å². The Morgan fingerprint density at radius 3 is 2.55 bits per heavy atom. The van der Waals surface area contributed by atoms with E-state index < -0.39 is 0 Å². The fourth-order valence-electron chi connectivity index (χ4n) is 1.98. The molecular weight excluding hydrogens is 300 g/mol. The van der Waals surface area contributed by atoms with Gasteiger partial charge in [0.05, 0.1) is 0 Å². The molecular formula is C17H15ClN2O2. The van der Waals surface area contributed by atoms with Crippen LogP contribution >= 0.6 is 11.6 Å². The van der Waals surface area contributed by atoms with Crippen molar-refractivity contribution in [1.29, 1.82) is 0 Å². The second-order valence-electron chi connectivity index (χ2n) is 5.05. The molecule has 0 bridgehead atoms. The molecule has 0 aliphatic rings. The first-order chi connectivity index (χ1) is 10.6. The minimum Gasteiger partial charge on any atom is -0.484 e. The molecule has 0 radical (unpaired) electrons. The Balaban J connectivity index is 1.69. The fourth-order valence-corrected chi connectivity index (χ4v) is 2.10. The fraction of sp³-hybridized carbons (Fsp3) is 0.176. The Morgan fingerprint density at radius 1 is 1.05 bits per heavy atom. The van der Waals surface area contributed by atoms with E-state index in [9.17, 15) is 0 Å². The molecule has 2 aromatic carbocycles. The number of nitrogens with zero attached hydrogens (tertiary/aromatic N) is 2. The Hall–Kier alpha value is -2.33. The maximum absolute atomic E-state index is 5.86. The van der Waals surface area contributed by atoms with Gasteiger partial charge in [-0.3, -0.25) is 0 Å². The van der Waals surface area contributed by atoms with Crippen LogP contribution in [0, 0.1) is 13.8 Å². The van der Waals surface area contributed by atoms with Crippen LogP contribution in [0.3, 0.4) is 0 Å². The molecule has 22 heavy (non-hydrogen) atoms. The molecule has 0 spiro atoms. The van der Waals surface area contributed by atoms with Crippen molar-refractivity contribution < 1.29 is 9.26 Å². The van der Waals surface area contributed by atoms with Crippen LogP contribution < -0.4 is 4.74 Å². The van der Waals surface area contributed by atoms with Crippen molar-refractivity contribution in [2.45, 2.75) is 20.5 Å². The average Bonchev–Trinajstić information content (AvgIpc) is 2.98. The molecule has 0 fully saturated rings. The lowest BCUT2D eigenvalue weighted by Gasteiger charge is -2.05. The summed E-state index contributed by atoms with van der Waals surface area (Å²) in [6.45, 7) is 4.35. The van der Waals surface area contributed by atoms with Crippen LogP contribution in [-0.2, 0) is 6.61 Å². The third-order valence-corrected chi connectivity index (χ3v) is 3.66. The number of aromatic nitrogens is 2. The zero-order valence-corrected chi connectivity index (χ0v) is 13.1. The third-order valence-electron chi connectivity index (χ3n) is 3.41. The number of benzene rings is 2. The minimum atomic E-state index is 0.239. The van der Waals surface area contributed by atoms with Gasteiger partial charge in [-0.25, -0.2) is 0 Å². The van der Waals surface area contributed by atoms with Gasteiger partial charge in [0.1, 0.15) is 5.75 Å². The number of halogens is 1. The molecule has 1 aromatic heterocycles. The van der Waals surface area contributed by atoms with Crippen LogP contribution in [0.1, 0.15) is 17.0 Å². The van der Waals surface area contributed by atoms with E-state index in [1.807, 2.05) is 37.3 Å². The standard InChI is InChI=1S/C17H15ClN2O2/c1-11-3-8-15(9-12(11)2)21-10-16-19-17(20-22-16)13-4-6-14(18)7-5-13/h3-9H,10H2,1-2H3. The molecule has 3 rings (SSSR count). The summed E-state index contributed by atoms with van der Waals surface area (Å²) in [6, 6.07) is 13.2. The van der Waals surface area contributed by atoms with Crippen LogP contribution in [0.5, 0.6) is 5.75 Å². The third kappa shape index (κ3) is 3.28. The highest BCUT2D eigenvalue weighted by atomic mass is 35.5. The van der Waals surface area contributed by atoms with Crippen molar-refractivity contribution in [2.24, 2.45) is 0 Å². The van der Waals surface area contributed by atoms with E-state index in [1.165, 1.54) is 11.1 Å². The van der Waals surface area contributed by atoms with Crippen molar-refractivity contribution >= 4 is 11.6 Å². The molecule has 0 saturated carbocycles. The van der Waals surface area contributed by atoms with E-state index in [0.717, 1.165) is 11.3 Å². The number of hydrogen-bond donors (Lipinski definition) is 0. The van der Waals surface area contributed by atoms with Gasteiger partial charge in [0.2, 0.25) is 5.82 Å². The van der Waals surface area contributed by atoms with Crippen LogP contribution in [0.15, 0.2) is 47.0 Å². The molecule has 4 nitrogen and oxygen atoms in total. The molecule has 5 heteroatoms. The number of rotatable bonds is 4. The first-order valence-electron chi connectivity index (χ1n) is 6.90. The largest absolute Gasteiger partial charge is 0.484 e. The zero-order chi connectivity index (χ0) is 15.5. The second kappa shape index (κ2) is 6.20. The van der Waals surface area contributed by atoms with Crippen LogP contribution in [-0.4, -0.2) is 10.1 Å². The molecule has 0 aliphatic carbocycles. The van der Waals surface area contributed by atoms with Crippen molar-refractivity contribution in [2.75, 3.05) is 0 Å². The lowest BCUT2D eigenvalue weighted by molar-refractivity contribution is 0.243. The van der Waals surface area contributed by atoms with Gasteiger partial charge in [0.15, 0.2) is 6.61 Å². The van der Waals surface area contributed by atoms with Crippen LogP contribution in [0.2, 0.25) is 5.02 Å². The number of hydrogen-bond acceptors (Lipinski definition) is 4. The SMILES string of the molecule is Cc1ccc(OCc2nc(-c3ccc(Cl)cc3)no2)cc1C. The van der Waals surface area contributed by atoms with Gasteiger partial charge in [-0.15, -0.1) is 0 Å². The lowest BCUT2D eigenvalue weighted by Crippen LogP contribution is -1.96. The highest BCUT2D eigenvalue weighted by molar-refractivity contribution is 6.30. The Labute approximate surface area is 133 Å². The highest BCUT2D eigenvalue weighted by Crippen LogP contribution is 2.20. The smallest absolute Gasteiger partial charge is 0.264 e. The van der Waals surface area contributed by atoms with Crippen molar-refractivity contribution in [3.63, 3.8) is 0 Å². The molecule has 1 heterocycles. The van der Waals surface area contributed by atoms with Gasteiger partial charge < -0.3 is 9.26 Å². The average molecular weight is 315 g/mol. The molecule has 112 valence electrons. The summed E-state index contributed by atoms with van der Waals surface area (Å²) in [4.78, 5) is 4.32. The predicted molar refractivity (Wildman–Crippen MR) is 85.0 cm³/mol. The second-order valence-corrected chi connectivity index (χ2v) is 5.49. The van der Waals surface area contributed by atoms with E-state index in [0.29, 0.717) is 16.7 Å². The van der Waals surface area contributed by atoms with Crippen molar-refractivity contribution in [3.8, 4) is 17.1 Å². The van der Waals surface area contributed by atoms with E-state index in [2.05, 4.69) is 17.1 Å². The van der Waals surface area contributed by atoms with Gasteiger partial charge >= 0.3 is 0 Å². The summed E-state index contributed by atoms with van der Waals surface area (Å²) >= 11 is 5.86. The van der Waals surface area contributed by atoms with Gasteiger partial charge in [-0.1, -0.05) is 22.8 Å². The van der Waals surface area contributed by atoms with Gasteiger partial charge in [-0.05, 0) is 61.4 Å². The highest BCUT2D eigenvalue weighted by Gasteiger charge is 2.09. The summed E-state index contributed by atoms with van der Waals surface area (Å²) in [6.07, 6.45) is 0. The molecule has 0 amide bonds. The molecule has 3 aromatic rings. The predicted octanol–water partition coefficient (Wildman–Crippen LogP) is 4.59. The first kappa shape index (κ1) is 14.6. The molecule has 0 N–H and O–H groups in total. The maximum Gasteiger partial charge on any atom is 0.264 e. The normalized spacial score (nSPS) is 10.7. The Bertz CT molecular complexity index is 782. The number of ether oxygens (including phenoxy) is 1. The monoisotopic (exact) mass is 314 g/mol. The van der Waals surface area contributed by atoms with Crippen molar-refractivity contribution in [1.82, 2.24) is 10.1 Å². The maximum atomic E-state index is 5.86. The Morgan fingerprint density at radius 2 is 1.82 bits per heavy atom. The van der Waals surface area contributed by atoms with Crippen LogP contribution in [0.4, 0.5) is 0 Å². The quantitative estimate of drug-likeness (QED) is 0.707. The molecule has 0 aliphatic heterocycles. The van der Waals surface area contributed by atoms with Gasteiger partial charge in [-0.2, -0.15) is 4.98 Å². The number of aryl methyl sites for hydroxylation is 2. The van der Waals surface area contributed by atoms with E-state index in [1.54, 1.807) is 12.1 Å². The van der Waals surface area contributed by atoms with E-state index >= 15 is 0 Å².